The predicted molar refractivity (Wildman–Crippen MR) is 90.2 cm³/mol. The van der Waals surface area contributed by atoms with Gasteiger partial charge in [-0.05, 0) is 42.5 Å². The van der Waals surface area contributed by atoms with Gasteiger partial charge in [0.05, 0.1) is 10.4 Å². The average molecular weight is 330 g/mol. The summed E-state index contributed by atoms with van der Waals surface area (Å²) in [7, 11) is 0. The molecule has 1 N–H and O–H groups in total. The molecule has 4 rings (SSSR count). The highest BCUT2D eigenvalue weighted by Crippen LogP contribution is 2.35. The van der Waals surface area contributed by atoms with Crippen molar-refractivity contribution in [2.45, 2.75) is 19.3 Å². The van der Waals surface area contributed by atoms with Crippen molar-refractivity contribution in [2.24, 2.45) is 0 Å². The van der Waals surface area contributed by atoms with E-state index in [1.807, 2.05) is 12.1 Å². The molecule has 1 aliphatic rings. The second kappa shape index (κ2) is 5.34. The molecule has 3 heterocycles. The average Bonchev–Trinajstić information content (AvgIpc) is 3.08. The summed E-state index contributed by atoms with van der Waals surface area (Å²) in [6.45, 7) is 0. The minimum absolute atomic E-state index is 0.0999. The Hall–Kier alpha value is -1.98. The molecular weight excluding hydrogens is 318 g/mol. The number of hydrogen-bond donors (Lipinski definition) is 1. The summed E-state index contributed by atoms with van der Waals surface area (Å²) in [6, 6.07) is 3.73. The van der Waals surface area contributed by atoms with Gasteiger partial charge in [-0.2, -0.15) is 0 Å². The largest absolute Gasteiger partial charge is 0.305 e. The van der Waals surface area contributed by atoms with E-state index in [2.05, 4.69) is 15.0 Å². The van der Waals surface area contributed by atoms with E-state index in [0.29, 0.717) is 10.9 Å². The first kappa shape index (κ1) is 13.7. The molecule has 0 fully saturated rings. The van der Waals surface area contributed by atoms with E-state index >= 15 is 0 Å². The van der Waals surface area contributed by atoms with Gasteiger partial charge in [-0.1, -0.05) is 17.7 Å². The van der Waals surface area contributed by atoms with Crippen molar-refractivity contribution < 1.29 is 0 Å². The van der Waals surface area contributed by atoms with Gasteiger partial charge in [0.2, 0.25) is 0 Å². The lowest BCUT2D eigenvalue weighted by molar-refractivity contribution is 0.916. The van der Waals surface area contributed by atoms with Crippen LogP contribution in [0.1, 0.15) is 28.2 Å². The number of aromatic amines is 1. The maximum absolute atomic E-state index is 12.4. The first-order valence-corrected chi connectivity index (χ1v) is 8.24. The van der Waals surface area contributed by atoms with Crippen molar-refractivity contribution in [1.82, 2.24) is 15.0 Å². The molecule has 3 aromatic rings. The second-order valence-electron chi connectivity index (χ2n) is 5.23. The Balaban J connectivity index is 1.83. The fourth-order valence-corrected chi connectivity index (χ4v) is 4.27. The van der Waals surface area contributed by atoms with Crippen LogP contribution in [0.25, 0.3) is 21.3 Å². The molecule has 0 spiro atoms. The summed E-state index contributed by atoms with van der Waals surface area (Å²) in [5, 5.41) is 1.15. The number of H-pyrrole nitrogens is 1. The molecule has 0 bridgehead atoms. The molecule has 0 unspecified atom stereocenters. The summed E-state index contributed by atoms with van der Waals surface area (Å²) in [6.07, 6.45) is 8.30. The highest BCUT2D eigenvalue weighted by Gasteiger charge is 2.21. The van der Waals surface area contributed by atoms with Gasteiger partial charge in [0.25, 0.3) is 5.56 Å². The predicted octanol–water partition coefficient (Wildman–Crippen LogP) is 3.61. The molecule has 0 radical (unpaired) electrons. The third-order valence-corrected chi connectivity index (χ3v) is 5.25. The van der Waals surface area contributed by atoms with Gasteiger partial charge in [-0.25, -0.2) is 4.98 Å². The van der Waals surface area contributed by atoms with Gasteiger partial charge in [-0.15, -0.1) is 11.3 Å². The van der Waals surface area contributed by atoms with Crippen LogP contribution in [0, 0.1) is 0 Å². The lowest BCUT2D eigenvalue weighted by Gasteiger charge is -2.00. The van der Waals surface area contributed by atoms with Gasteiger partial charge in [0, 0.05) is 17.3 Å². The Bertz CT molecular complexity index is 943. The van der Waals surface area contributed by atoms with E-state index < -0.39 is 0 Å². The van der Waals surface area contributed by atoms with Gasteiger partial charge >= 0.3 is 0 Å². The van der Waals surface area contributed by atoms with Crippen LogP contribution in [0.4, 0.5) is 0 Å². The molecule has 110 valence electrons. The van der Waals surface area contributed by atoms with Gasteiger partial charge in [0.1, 0.15) is 4.83 Å². The number of hydrogen-bond acceptors (Lipinski definition) is 4. The minimum Gasteiger partial charge on any atom is -0.305 e. The van der Waals surface area contributed by atoms with Crippen molar-refractivity contribution >= 4 is 44.3 Å². The third-order valence-electron chi connectivity index (χ3n) is 3.78. The number of nitrogens with one attached hydrogen (secondary N) is 1. The standard InChI is InChI=1S/C16H12ClN3OS/c17-11(7-9-3-2-6-18-8-9)14-19-15(21)13-10-4-1-5-12(10)22-16(13)20-14/h2-3,6-8H,1,4-5H2,(H,19,20,21)/b11-7+. The number of fused-ring (bicyclic) bond motifs is 3. The van der Waals surface area contributed by atoms with E-state index in [1.54, 1.807) is 29.8 Å². The van der Waals surface area contributed by atoms with Crippen LogP contribution in [-0.4, -0.2) is 15.0 Å². The lowest BCUT2D eigenvalue weighted by atomic mass is 10.2. The highest BCUT2D eigenvalue weighted by atomic mass is 35.5. The molecule has 1 aliphatic carbocycles. The number of halogens is 1. The first-order valence-electron chi connectivity index (χ1n) is 7.04. The van der Waals surface area contributed by atoms with E-state index in [-0.39, 0.29) is 5.56 Å². The SMILES string of the molecule is O=c1[nH]c(/C(Cl)=C\c2cccnc2)nc2sc3c(c12)CCC3. The Kier molecular flexibility index (Phi) is 3.32. The molecule has 6 heteroatoms. The minimum atomic E-state index is -0.0999. The highest BCUT2D eigenvalue weighted by molar-refractivity contribution is 7.18. The molecular formula is C16H12ClN3OS. The maximum Gasteiger partial charge on any atom is 0.260 e. The molecule has 3 aromatic heterocycles. The third kappa shape index (κ3) is 2.26. The Morgan fingerprint density at radius 1 is 1.41 bits per heavy atom. The number of aromatic nitrogens is 3. The van der Waals surface area contributed by atoms with Crippen molar-refractivity contribution in [2.75, 3.05) is 0 Å². The van der Waals surface area contributed by atoms with E-state index in [1.165, 1.54) is 10.4 Å². The topological polar surface area (TPSA) is 58.6 Å². The summed E-state index contributed by atoms with van der Waals surface area (Å²) in [4.78, 5) is 25.8. The van der Waals surface area contributed by atoms with Gasteiger partial charge in [-0.3, -0.25) is 9.78 Å². The Morgan fingerprint density at radius 3 is 3.14 bits per heavy atom. The fraction of sp³-hybridized carbons (Fsp3) is 0.188. The monoisotopic (exact) mass is 329 g/mol. The summed E-state index contributed by atoms with van der Waals surface area (Å²) in [5.74, 6) is 0.406. The number of nitrogens with zero attached hydrogens (tertiary/aromatic N) is 2. The van der Waals surface area contributed by atoms with Gasteiger partial charge in [0.15, 0.2) is 5.82 Å². The molecule has 0 saturated heterocycles. The zero-order chi connectivity index (χ0) is 15.1. The van der Waals surface area contributed by atoms with Crippen molar-refractivity contribution in [1.29, 1.82) is 0 Å². The quantitative estimate of drug-likeness (QED) is 0.781. The van der Waals surface area contributed by atoms with Crippen LogP contribution in [0.2, 0.25) is 0 Å². The summed E-state index contributed by atoms with van der Waals surface area (Å²) >= 11 is 7.92. The Morgan fingerprint density at radius 2 is 2.32 bits per heavy atom. The van der Waals surface area contributed by atoms with Crippen LogP contribution >= 0.6 is 22.9 Å². The molecule has 22 heavy (non-hydrogen) atoms. The number of rotatable bonds is 2. The molecule has 0 atom stereocenters. The van der Waals surface area contributed by atoms with Crippen LogP contribution in [-0.2, 0) is 12.8 Å². The first-order chi connectivity index (χ1) is 10.7. The maximum atomic E-state index is 12.4. The fourth-order valence-electron chi connectivity index (χ4n) is 2.79. The molecule has 0 aliphatic heterocycles. The van der Waals surface area contributed by atoms with Crippen LogP contribution in [0.15, 0.2) is 29.3 Å². The van der Waals surface area contributed by atoms with E-state index in [4.69, 9.17) is 11.6 Å². The van der Waals surface area contributed by atoms with E-state index in [0.717, 1.165) is 35.0 Å². The number of pyridine rings is 1. The molecule has 0 aromatic carbocycles. The van der Waals surface area contributed by atoms with Crippen molar-refractivity contribution in [3.05, 3.63) is 56.7 Å². The van der Waals surface area contributed by atoms with Crippen molar-refractivity contribution in [3.63, 3.8) is 0 Å². The summed E-state index contributed by atoms with van der Waals surface area (Å²) in [5.41, 5.74) is 1.94. The van der Waals surface area contributed by atoms with E-state index in [9.17, 15) is 4.79 Å². The summed E-state index contributed by atoms with van der Waals surface area (Å²) < 4.78 is 0. The smallest absolute Gasteiger partial charge is 0.260 e. The zero-order valence-electron chi connectivity index (χ0n) is 11.6. The molecule has 4 nitrogen and oxygen atoms in total. The van der Waals surface area contributed by atoms with Gasteiger partial charge < -0.3 is 4.98 Å². The normalized spacial score (nSPS) is 14.5. The van der Waals surface area contributed by atoms with Crippen LogP contribution < -0.4 is 5.56 Å². The number of thiophene rings is 1. The molecule has 0 saturated carbocycles. The molecule has 0 amide bonds. The number of aryl methyl sites for hydroxylation is 2. The lowest BCUT2D eigenvalue weighted by Crippen LogP contribution is -2.10. The van der Waals surface area contributed by atoms with Crippen LogP contribution in [0.5, 0.6) is 0 Å². The van der Waals surface area contributed by atoms with Crippen LogP contribution in [0.3, 0.4) is 0 Å². The second-order valence-corrected chi connectivity index (χ2v) is 6.72. The zero-order valence-corrected chi connectivity index (χ0v) is 13.2. The van der Waals surface area contributed by atoms with Crippen molar-refractivity contribution in [3.8, 4) is 0 Å². The Labute approximate surface area is 135 Å².